The lowest BCUT2D eigenvalue weighted by molar-refractivity contribution is 0.238. The molecule has 2 aromatic rings. The number of nitrogens with one attached hydrogen (secondary N) is 2. The molecule has 0 bridgehead atoms. The normalized spacial score (nSPS) is 15.0. The molecule has 0 spiro atoms. The minimum Gasteiger partial charge on any atom is -0.372 e. The maximum Gasteiger partial charge on any atom is 0.315 e. The summed E-state index contributed by atoms with van der Waals surface area (Å²) in [5.74, 6) is 0. The molecule has 0 saturated carbocycles. The van der Waals surface area contributed by atoms with Gasteiger partial charge in [-0.2, -0.15) is 0 Å². The predicted molar refractivity (Wildman–Crippen MR) is 101 cm³/mol. The zero-order chi connectivity index (χ0) is 17.5. The molecule has 5 nitrogen and oxygen atoms in total. The van der Waals surface area contributed by atoms with Crippen LogP contribution in [0.2, 0.25) is 0 Å². The summed E-state index contributed by atoms with van der Waals surface area (Å²) < 4.78 is 0. The van der Waals surface area contributed by atoms with Gasteiger partial charge in [-0.15, -0.1) is 0 Å². The maximum atomic E-state index is 12.1. The highest BCUT2D eigenvalue weighted by Crippen LogP contribution is 2.23. The lowest BCUT2D eigenvalue weighted by Gasteiger charge is -2.21. The van der Waals surface area contributed by atoms with E-state index in [-0.39, 0.29) is 12.1 Å². The zero-order valence-electron chi connectivity index (χ0n) is 14.7. The van der Waals surface area contributed by atoms with Crippen LogP contribution in [0.3, 0.4) is 0 Å². The number of anilines is 1. The second kappa shape index (κ2) is 8.51. The van der Waals surface area contributed by atoms with Crippen molar-refractivity contribution in [2.45, 2.75) is 32.2 Å². The van der Waals surface area contributed by atoms with Crippen LogP contribution in [-0.4, -0.2) is 30.6 Å². The molecule has 1 aromatic carbocycles. The van der Waals surface area contributed by atoms with Crippen LogP contribution in [0.5, 0.6) is 0 Å². The third-order valence-electron chi connectivity index (χ3n) is 4.61. The molecular weight excluding hydrogens is 312 g/mol. The number of nitrogens with zero attached hydrogens (tertiary/aromatic N) is 2. The van der Waals surface area contributed by atoms with E-state index in [4.69, 9.17) is 0 Å². The summed E-state index contributed by atoms with van der Waals surface area (Å²) in [4.78, 5) is 18.6. The van der Waals surface area contributed by atoms with Gasteiger partial charge in [0.15, 0.2) is 0 Å². The van der Waals surface area contributed by atoms with Crippen LogP contribution in [0.4, 0.5) is 10.5 Å². The Labute approximate surface area is 149 Å². The Bertz CT molecular complexity index is 683. The van der Waals surface area contributed by atoms with E-state index in [0.717, 1.165) is 30.6 Å². The molecule has 1 aliphatic heterocycles. The fourth-order valence-electron chi connectivity index (χ4n) is 3.16. The molecule has 25 heavy (non-hydrogen) atoms. The maximum absolute atomic E-state index is 12.1. The van der Waals surface area contributed by atoms with Gasteiger partial charge in [0.25, 0.3) is 0 Å². The minimum atomic E-state index is -0.136. The van der Waals surface area contributed by atoms with E-state index in [2.05, 4.69) is 44.8 Å². The largest absolute Gasteiger partial charge is 0.372 e. The average molecular weight is 338 g/mol. The molecule has 2 heterocycles. The van der Waals surface area contributed by atoms with Crippen molar-refractivity contribution in [1.82, 2.24) is 15.6 Å². The van der Waals surface area contributed by atoms with Gasteiger partial charge in [0.1, 0.15) is 0 Å². The number of hydrogen-bond acceptors (Lipinski definition) is 3. The molecule has 1 atom stereocenters. The fraction of sp³-hybridized carbons (Fsp3) is 0.400. The second-order valence-electron chi connectivity index (χ2n) is 6.52. The average Bonchev–Trinajstić information content (AvgIpc) is 3.17. The number of pyridine rings is 1. The van der Waals surface area contributed by atoms with Crippen LogP contribution in [0, 0.1) is 0 Å². The molecule has 1 aliphatic rings. The van der Waals surface area contributed by atoms with Crippen molar-refractivity contribution in [2.24, 2.45) is 0 Å². The second-order valence-corrected chi connectivity index (χ2v) is 6.52. The molecule has 3 rings (SSSR count). The molecular formula is C20H26N4O. The molecule has 5 heteroatoms. The van der Waals surface area contributed by atoms with Crippen molar-refractivity contribution in [3.8, 4) is 0 Å². The van der Waals surface area contributed by atoms with Gasteiger partial charge in [0, 0.05) is 37.7 Å². The highest BCUT2D eigenvalue weighted by Gasteiger charge is 2.14. The number of amides is 2. The van der Waals surface area contributed by atoms with Gasteiger partial charge in [-0.3, -0.25) is 4.98 Å². The van der Waals surface area contributed by atoms with Gasteiger partial charge in [-0.05, 0) is 55.5 Å². The number of carbonyl (C=O) groups is 1. The molecule has 1 aromatic heterocycles. The first kappa shape index (κ1) is 17.3. The highest BCUT2D eigenvalue weighted by atomic mass is 16.2. The third-order valence-corrected chi connectivity index (χ3v) is 4.61. The van der Waals surface area contributed by atoms with Gasteiger partial charge in [-0.25, -0.2) is 4.79 Å². The van der Waals surface area contributed by atoms with Gasteiger partial charge in [0.05, 0.1) is 6.04 Å². The molecule has 1 unspecified atom stereocenters. The molecule has 0 aliphatic carbocycles. The first-order chi connectivity index (χ1) is 12.2. The molecule has 2 amide bonds. The van der Waals surface area contributed by atoms with Crippen molar-refractivity contribution >= 4 is 11.7 Å². The van der Waals surface area contributed by atoms with Gasteiger partial charge in [-0.1, -0.05) is 18.2 Å². The quantitative estimate of drug-likeness (QED) is 0.850. The van der Waals surface area contributed by atoms with Crippen LogP contribution < -0.4 is 15.5 Å². The van der Waals surface area contributed by atoms with E-state index in [1.54, 1.807) is 6.20 Å². The molecule has 1 fully saturated rings. The third kappa shape index (κ3) is 4.95. The van der Waals surface area contributed by atoms with Crippen LogP contribution in [0.25, 0.3) is 0 Å². The minimum absolute atomic E-state index is 0.0269. The predicted octanol–water partition coefficient (Wildman–Crippen LogP) is 3.28. The molecule has 1 saturated heterocycles. The Hall–Kier alpha value is -2.56. The van der Waals surface area contributed by atoms with Crippen LogP contribution in [0.1, 0.15) is 36.9 Å². The highest BCUT2D eigenvalue weighted by molar-refractivity contribution is 5.74. The van der Waals surface area contributed by atoms with E-state index in [1.807, 2.05) is 25.3 Å². The number of benzene rings is 1. The SMILES string of the molecule is CC(NC(=O)NCCc1cccnc1)c1cccc(N2CCCC2)c1. The van der Waals surface area contributed by atoms with Gasteiger partial charge in [0.2, 0.25) is 0 Å². The number of hydrogen-bond donors (Lipinski definition) is 2. The first-order valence-electron chi connectivity index (χ1n) is 9.00. The number of aromatic nitrogens is 1. The van der Waals surface area contributed by atoms with Crippen molar-refractivity contribution in [3.05, 3.63) is 59.9 Å². The van der Waals surface area contributed by atoms with Crippen molar-refractivity contribution in [1.29, 1.82) is 0 Å². The Morgan fingerprint density at radius 2 is 2.08 bits per heavy atom. The van der Waals surface area contributed by atoms with E-state index in [1.165, 1.54) is 18.5 Å². The Morgan fingerprint density at radius 3 is 2.84 bits per heavy atom. The zero-order valence-corrected chi connectivity index (χ0v) is 14.7. The fourth-order valence-corrected chi connectivity index (χ4v) is 3.16. The van der Waals surface area contributed by atoms with Crippen LogP contribution >= 0.6 is 0 Å². The topological polar surface area (TPSA) is 57.3 Å². The lowest BCUT2D eigenvalue weighted by Crippen LogP contribution is -2.38. The summed E-state index contributed by atoms with van der Waals surface area (Å²) in [6.07, 6.45) is 6.88. The molecule has 2 N–H and O–H groups in total. The Morgan fingerprint density at radius 1 is 1.24 bits per heavy atom. The standard InChI is InChI=1S/C20H26N4O/c1-16(18-7-4-8-19(14-18)24-12-2-3-13-24)23-20(25)22-11-9-17-6-5-10-21-15-17/h4-8,10,14-16H,2-3,9,11-13H2,1H3,(H2,22,23,25). The van der Waals surface area contributed by atoms with Crippen LogP contribution in [-0.2, 0) is 6.42 Å². The van der Waals surface area contributed by atoms with Crippen molar-refractivity contribution in [3.63, 3.8) is 0 Å². The summed E-state index contributed by atoms with van der Waals surface area (Å²) >= 11 is 0. The molecule has 0 radical (unpaired) electrons. The first-order valence-corrected chi connectivity index (χ1v) is 9.00. The summed E-state index contributed by atoms with van der Waals surface area (Å²) in [7, 11) is 0. The van der Waals surface area contributed by atoms with E-state index >= 15 is 0 Å². The Balaban J connectivity index is 1.48. The Kier molecular flexibility index (Phi) is 5.88. The summed E-state index contributed by atoms with van der Waals surface area (Å²) in [6, 6.07) is 12.2. The monoisotopic (exact) mass is 338 g/mol. The van der Waals surface area contributed by atoms with Crippen LogP contribution in [0.15, 0.2) is 48.8 Å². The van der Waals surface area contributed by atoms with E-state index < -0.39 is 0 Å². The lowest BCUT2D eigenvalue weighted by atomic mass is 10.1. The number of rotatable bonds is 6. The van der Waals surface area contributed by atoms with Gasteiger partial charge >= 0.3 is 6.03 Å². The van der Waals surface area contributed by atoms with E-state index in [0.29, 0.717) is 6.54 Å². The molecule has 132 valence electrons. The van der Waals surface area contributed by atoms with Gasteiger partial charge < -0.3 is 15.5 Å². The summed E-state index contributed by atoms with van der Waals surface area (Å²) in [5, 5.41) is 5.93. The smallest absolute Gasteiger partial charge is 0.315 e. The number of urea groups is 1. The summed E-state index contributed by atoms with van der Waals surface area (Å²) in [5.41, 5.74) is 3.50. The summed E-state index contributed by atoms with van der Waals surface area (Å²) in [6.45, 7) is 4.86. The number of carbonyl (C=O) groups excluding carboxylic acids is 1. The van der Waals surface area contributed by atoms with E-state index in [9.17, 15) is 4.79 Å². The van der Waals surface area contributed by atoms with Crippen molar-refractivity contribution < 1.29 is 4.79 Å². The van der Waals surface area contributed by atoms with Crippen molar-refractivity contribution in [2.75, 3.05) is 24.5 Å².